The summed E-state index contributed by atoms with van der Waals surface area (Å²) in [5, 5.41) is 0. The number of aryl methyl sites for hydroxylation is 2. The fraction of sp³-hybridized carbons (Fsp3) is 0.739. The molecule has 2 nitrogen and oxygen atoms in total. The normalized spacial score (nSPS) is 12.2. The van der Waals surface area contributed by atoms with E-state index in [1.807, 2.05) is 0 Å². The Morgan fingerprint density at radius 2 is 0.611 bits per heavy atom. The number of rotatable bonds is 45. The molecule has 0 bridgehead atoms. The quantitative estimate of drug-likeness (QED) is 0.0273. The maximum absolute atomic E-state index is 11.4. The van der Waals surface area contributed by atoms with Crippen molar-refractivity contribution in [1.82, 2.24) is 0 Å². The third-order valence-corrected chi connectivity index (χ3v) is 15.0. The summed E-state index contributed by atoms with van der Waals surface area (Å²) in [6.07, 6.45) is 61.8. The maximum atomic E-state index is 11.4. The molecular weight excluding hydrogens is 963 g/mol. The Bertz CT molecular complexity index is 1500. The van der Waals surface area contributed by atoms with Crippen molar-refractivity contribution in [3.8, 4) is 0 Å². The van der Waals surface area contributed by atoms with E-state index in [0.29, 0.717) is 0 Å². The Balaban J connectivity index is 0.00000109. The van der Waals surface area contributed by atoms with Gasteiger partial charge in [-0.2, -0.15) is 12.8 Å². The second kappa shape index (κ2) is 52.6. The molecule has 0 spiro atoms. The van der Waals surface area contributed by atoms with Crippen molar-refractivity contribution in [2.45, 2.75) is 330 Å². The van der Waals surface area contributed by atoms with Gasteiger partial charge >= 0.3 is 20.4 Å². The van der Waals surface area contributed by atoms with Crippen molar-refractivity contribution in [2.75, 3.05) is 0 Å². The third kappa shape index (κ3) is 36.2. The van der Waals surface area contributed by atoms with Gasteiger partial charge in [0.25, 0.3) is 0 Å². The van der Waals surface area contributed by atoms with Crippen molar-refractivity contribution < 1.29 is 25.1 Å². The van der Waals surface area contributed by atoms with Crippen LogP contribution in [0.2, 0.25) is 0 Å². The predicted octanol–water partition coefficient (Wildman–Crippen LogP) is 24.5. The van der Waals surface area contributed by atoms with Crippen molar-refractivity contribution in [1.29, 1.82) is 0 Å². The molecule has 2 aromatic carbocycles. The van der Waals surface area contributed by atoms with Crippen LogP contribution in [0, 0.1) is 13.8 Å². The summed E-state index contributed by atoms with van der Waals surface area (Å²) >= 11 is 0. The van der Waals surface area contributed by atoms with Crippen molar-refractivity contribution >= 4 is 11.4 Å². The molecule has 0 aromatic heterocycles. The minimum atomic E-state index is 0. The van der Waals surface area contributed by atoms with Gasteiger partial charge in [-0.25, -0.2) is 4.70 Å². The first-order chi connectivity index (χ1) is 34.9. The van der Waals surface area contributed by atoms with Crippen LogP contribution in [0.25, 0.3) is 16.9 Å². The molecule has 3 rings (SSSR count). The van der Waals surface area contributed by atoms with Gasteiger partial charge in [-0.3, -0.25) is 0 Å². The standard InChI is InChI=1S/C29H38N2.2C20H41.Pd/c1-5-8-13-23-15-11-17-25(20-23)28-22(4)27(19-10-7-3)29(31(28)30)26-18-12-16-24(21-26)14-9-6-2;2*1-3-5-7-9-11-13-15-17-19-20-18-16-14-12-10-8-6-4-2;/h11-12,15-18,20-21H,5-10,13-14,19H2,1-4H3;2*1,3-20H2,2H3;/q;2*-1;+2. The second-order valence-electron chi connectivity index (χ2n) is 21.8. The molecule has 1 aliphatic rings. The fourth-order valence-electron chi connectivity index (χ4n) is 10.3. The average molecular weight is 1080 g/mol. The largest absolute Gasteiger partial charge is 2.00 e. The van der Waals surface area contributed by atoms with Crippen LogP contribution in [0.15, 0.2) is 59.7 Å². The van der Waals surface area contributed by atoms with Crippen LogP contribution in [0.5, 0.6) is 0 Å². The van der Waals surface area contributed by atoms with E-state index < -0.39 is 0 Å². The van der Waals surface area contributed by atoms with Crippen LogP contribution in [0.3, 0.4) is 0 Å². The van der Waals surface area contributed by atoms with Gasteiger partial charge < -0.3 is 19.4 Å². The molecule has 72 heavy (non-hydrogen) atoms. The number of nitrogens with zero attached hydrogens (tertiary/aromatic N) is 2. The zero-order valence-electron chi connectivity index (χ0n) is 49.1. The monoisotopic (exact) mass is 1080 g/mol. The topological polar surface area (TPSA) is 25.3 Å². The van der Waals surface area contributed by atoms with Crippen molar-refractivity contribution in [3.05, 3.63) is 101 Å². The molecule has 0 amide bonds. The maximum Gasteiger partial charge on any atom is 2.00 e. The molecule has 0 radical (unpaired) electrons. The van der Waals surface area contributed by atoms with Crippen LogP contribution in [-0.2, 0) is 33.3 Å². The molecular formula is C69H120N2Pd. The van der Waals surface area contributed by atoms with Gasteiger partial charge in [0.2, 0.25) is 11.4 Å². The van der Waals surface area contributed by atoms with Gasteiger partial charge in [0, 0.05) is 22.3 Å². The molecule has 1 heterocycles. The van der Waals surface area contributed by atoms with Gasteiger partial charge in [-0.05, 0) is 80.8 Å². The minimum absolute atomic E-state index is 0. The van der Waals surface area contributed by atoms with E-state index in [-0.39, 0.29) is 20.4 Å². The van der Waals surface area contributed by atoms with E-state index in [2.05, 4.69) is 104 Å². The Hall–Kier alpha value is -1.82. The third-order valence-electron chi connectivity index (χ3n) is 15.0. The fourth-order valence-corrected chi connectivity index (χ4v) is 10.3. The van der Waals surface area contributed by atoms with Gasteiger partial charge in [-0.15, -0.1) is 0 Å². The summed E-state index contributed by atoms with van der Waals surface area (Å²) in [6.45, 7) is 21.2. The number of unbranched alkanes of at least 4 members (excludes halogenated alkanes) is 37. The van der Waals surface area contributed by atoms with E-state index in [9.17, 15) is 5.53 Å². The van der Waals surface area contributed by atoms with Crippen LogP contribution in [-0.4, -0.2) is 4.70 Å². The summed E-state index contributed by atoms with van der Waals surface area (Å²) in [6, 6.07) is 17.5. The van der Waals surface area contributed by atoms with E-state index in [1.165, 1.54) is 271 Å². The summed E-state index contributed by atoms with van der Waals surface area (Å²) in [4.78, 5) is 0. The predicted molar refractivity (Wildman–Crippen MR) is 321 cm³/mol. The van der Waals surface area contributed by atoms with Gasteiger partial charge in [-0.1, -0.05) is 296 Å². The van der Waals surface area contributed by atoms with Gasteiger partial charge in [0.15, 0.2) is 0 Å². The van der Waals surface area contributed by atoms with E-state index in [0.717, 1.165) is 67.5 Å². The summed E-state index contributed by atoms with van der Waals surface area (Å²) in [5.41, 5.74) is 20.8. The average Bonchev–Trinajstić information content (AvgIpc) is 3.64. The molecule has 0 saturated carbocycles. The Morgan fingerprint density at radius 3 is 0.903 bits per heavy atom. The van der Waals surface area contributed by atoms with Gasteiger partial charge in [0.1, 0.15) is 0 Å². The number of benzene rings is 2. The van der Waals surface area contributed by atoms with E-state index in [4.69, 9.17) is 0 Å². The van der Waals surface area contributed by atoms with Crippen molar-refractivity contribution in [3.63, 3.8) is 0 Å². The smallest absolute Gasteiger partial charge is 0.493 e. The number of hydrogen-bond donors (Lipinski definition) is 0. The molecule has 1 aliphatic heterocycles. The summed E-state index contributed by atoms with van der Waals surface area (Å²) < 4.78 is 1.47. The van der Waals surface area contributed by atoms with Crippen LogP contribution >= 0.6 is 0 Å². The molecule has 0 atom stereocenters. The zero-order chi connectivity index (χ0) is 51.7. The van der Waals surface area contributed by atoms with Crippen molar-refractivity contribution in [2.24, 2.45) is 0 Å². The first kappa shape index (κ1) is 70.2. The molecule has 0 unspecified atom stereocenters. The first-order valence-electron chi connectivity index (χ1n) is 31.6. The summed E-state index contributed by atoms with van der Waals surface area (Å²) in [5.74, 6) is 0. The number of hydrogen-bond acceptors (Lipinski definition) is 0. The molecule has 0 N–H and O–H groups in total. The molecule has 0 aliphatic carbocycles. The van der Waals surface area contributed by atoms with Gasteiger partial charge in [0.05, 0.1) is 0 Å². The summed E-state index contributed by atoms with van der Waals surface area (Å²) in [7, 11) is 0. The van der Waals surface area contributed by atoms with Crippen LogP contribution in [0.1, 0.15) is 340 Å². The van der Waals surface area contributed by atoms with E-state index in [1.54, 1.807) is 0 Å². The van der Waals surface area contributed by atoms with Crippen LogP contribution in [0.4, 0.5) is 0 Å². The number of allylic oxidation sites excluding steroid dienone is 2. The molecule has 2 aromatic rings. The Kier molecular flexibility index (Phi) is 51.3. The Labute approximate surface area is 465 Å². The molecule has 0 fully saturated rings. The van der Waals surface area contributed by atoms with E-state index >= 15 is 0 Å². The second-order valence-corrected chi connectivity index (χ2v) is 21.8. The molecule has 0 saturated heterocycles. The Morgan fingerprint density at radius 1 is 0.347 bits per heavy atom. The minimum Gasteiger partial charge on any atom is -0.493 e. The molecule has 416 valence electrons. The first-order valence-corrected chi connectivity index (χ1v) is 31.6. The zero-order valence-corrected chi connectivity index (χ0v) is 50.6. The van der Waals surface area contributed by atoms with Crippen LogP contribution < -0.4 is 0 Å². The SMILES string of the molecule is CCCCC1=C(c2cccc(CCCC)c2)[N+](=[N-])C(c2cccc(CCCC)c2)=C1C.[CH2-]CCCCCCCCCCCCCCCCCCC.[CH2-]CCCCCCCCCCCCCCCCCCC.[Pd+2]. The molecule has 3 heteroatoms.